The fourth-order valence-corrected chi connectivity index (χ4v) is 5.16. The first-order valence-corrected chi connectivity index (χ1v) is 10.6. The van der Waals surface area contributed by atoms with E-state index >= 15 is 0 Å². The maximum atomic E-state index is 13.0. The molecule has 0 saturated carbocycles. The SMILES string of the molecule is Cc1cnc(CCNC(=O)[C@@H]2CCN(S(=O)(=O)c3ccc(F)cc3)C2)s1. The van der Waals surface area contributed by atoms with Gasteiger partial charge in [0.2, 0.25) is 15.9 Å². The number of nitrogens with one attached hydrogen (secondary N) is 1. The summed E-state index contributed by atoms with van der Waals surface area (Å²) in [6, 6.07) is 4.73. The number of amides is 1. The highest BCUT2D eigenvalue weighted by atomic mass is 32.2. The molecule has 26 heavy (non-hydrogen) atoms. The zero-order chi connectivity index (χ0) is 18.7. The lowest BCUT2D eigenvalue weighted by Crippen LogP contribution is -2.35. The van der Waals surface area contributed by atoms with Crippen molar-refractivity contribution in [1.82, 2.24) is 14.6 Å². The van der Waals surface area contributed by atoms with Gasteiger partial charge in [-0.3, -0.25) is 4.79 Å². The van der Waals surface area contributed by atoms with Crippen LogP contribution in [0.2, 0.25) is 0 Å². The summed E-state index contributed by atoms with van der Waals surface area (Å²) >= 11 is 1.60. The fourth-order valence-electron chi connectivity index (χ4n) is 2.87. The van der Waals surface area contributed by atoms with Crippen molar-refractivity contribution < 1.29 is 17.6 Å². The van der Waals surface area contributed by atoms with Crippen molar-refractivity contribution >= 4 is 27.3 Å². The molecule has 2 heterocycles. The predicted octanol–water partition coefficient (Wildman–Crippen LogP) is 1.96. The third kappa shape index (κ3) is 4.28. The number of sulfonamides is 1. The quantitative estimate of drug-likeness (QED) is 0.808. The number of thiazole rings is 1. The van der Waals surface area contributed by atoms with Gasteiger partial charge in [0, 0.05) is 37.1 Å². The minimum Gasteiger partial charge on any atom is -0.355 e. The van der Waals surface area contributed by atoms with E-state index in [-0.39, 0.29) is 29.8 Å². The highest BCUT2D eigenvalue weighted by Gasteiger charge is 2.35. The molecule has 1 amide bonds. The molecule has 1 aliphatic heterocycles. The molecule has 3 rings (SSSR count). The van der Waals surface area contributed by atoms with Gasteiger partial charge in [-0.25, -0.2) is 17.8 Å². The molecule has 1 fully saturated rings. The van der Waals surface area contributed by atoms with Crippen molar-refractivity contribution in [2.75, 3.05) is 19.6 Å². The number of aromatic nitrogens is 1. The molecule has 1 aliphatic rings. The van der Waals surface area contributed by atoms with Crippen molar-refractivity contribution in [3.05, 3.63) is 46.2 Å². The maximum absolute atomic E-state index is 13.0. The third-order valence-corrected chi connectivity index (χ3v) is 7.13. The summed E-state index contributed by atoms with van der Waals surface area (Å²) in [6.45, 7) is 2.88. The lowest BCUT2D eigenvalue weighted by atomic mass is 10.1. The Hall–Kier alpha value is -1.84. The molecule has 2 aromatic rings. The van der Waals surface area contributed by atoms with E-state index in [9.17, 15) is 17.6 Å². The van der Waals surface area contributed by atoms with Gasteiger partial charge < -0.3 is 5.32 Å². The van der Waals surface area contributed by atoms with Gasteiger partial charge in [-0.1, -0.05) is 0 Å². The summed E-state index contributed by atoms with van der Waals surface area (Å²) in [7, 11) is -3.70. The standard InChI is InChI=1S/C17H20FN3O3S2/c1-12-10-20-16(25-12)6-8-19-17(22)13-7-9-21(11-13)26(23,24)15-4-2-14(18)3-5-15/h2-5,10,13H,6-9,11H2,1H3,(H,19,22)/t13-/m1/s1. The number of rotatable bonds is 6. The van der Waals surface area contributed by atoms with Crippen LogP contribution in [0, 0.1) is 18.7 Å². The van der Waals surface area contributed by atoms with Gasteiger partial charge in [0.05, 0.1) is 15.8 Å². The molecule has 9 heteroatoms. The van der Waals surface area contributed by atoms with Gasteiger partial charge >= 0.3 is 0 Å². The number of carbonyl (C=O) groups is 1. The van der Waals surface area contributed by atoms with Crippen LogP contribution in [0.1, 0.15) is 16.3 Å². The lowest BCUT2D eigenvalue weighted by Gasteiger charge is -2.16. The first-order chi connectivity index (χ1) is 12.4. The second kappa shape index (κ2) is 7.81. The molecule has 0 spiro atoms. The van der Waals surface area contributed by atoms with Crippen LogP contribution in [0.15, 0.2) is 35.4 Å². The fraction of sp³-hybridized carbons (Fsp3) is 0.412. The van der Waals surface area contributed by atoms with Crippen LogP contribution >= 0.6 is 11.3 Å². The first kappa shape index (κ1) is 18.9. The summed E-state index contributed by atoms with van der Waals surface area (Å²) in [6.07, 6.45) is 2.94. The molecule has 1 atom stereocenters. The van der Waals surface area contributed by atoms with Crippen LogP contribution in [0.5, 0.6) is 0 Å². The summed E-state index contributed by atoms with van der Waals surface area (Å²) < 4.78 is 39.4. The number of aryl methyl sites for hydroxylation is 1. The van der Waals surface area contributed by atoms with Crippen LogP contribution in [0.3, 0.4) is 0 Å². The predicted molar refractivity (Wildman–Crippen MR) is 96.8 cm³/mol. The van der Waals surface area contributed by atoms with E-state index < -0.39 is 15.8 Å². The molecule has 1 saturated heterocycles. The van der Waals surface area contributed by atoms with Gasteiger partial charge in [0.25, 0.3) is 0 Å². The minimum atomic E-state index is -3.70. The summed E-state index contributed by atoms with van der Waals surface area (Å²) in [5.41, 5.74) is 0. The maximum Gasteiger partial charge on any atom is 0.243 e. The lowest BCUT2D eigenvalue weighted by molar-refractivity contribution is -0.124. The highest BCUT2D eigenvalue weighted by Crippen LogP contribution is 2.24. The van der Waals surface area contributed by atoms with Crippen molar-refractivity contribution in [2.45, 2.75) is 24.7 Å². The summed E-state index contributed by atoms with van der Waals surface area (Å²) in [4.78, 5) is 17.7. The van der Waals surface area contributed by atoms with E-state index in [0.29, 0.717) is 19.4 Å². The van der Waals surface area contributed by atoms with E-state index in [4.69, 9.17) is 0 Å². The van der Waals surface area contributed by atoms with Crippen LogP contribution in [0.25, 0.3) is 0 Å². The Bertz CT molecular complexity index is 881. The monoisotopic (exact) mass is 397 g/mol. The first-order valence-electron chi connectivity index (χ1n) is 8.31. The number of hydrogen-bond acceptors (Lipinski definition) is 5. The smallest absolute Gasteiger partial charge is 0.243 e. The Labute approximate surface area is 156 Å². The van der Waals surface area contributed by atoms with Crippen LogP contribution < -0.4 is 5.32 Å². The number of benzene rings is 1. The van der Waals surface area contributed by atoms with E-state index in [1.54, 1.807) is 17.5 Å². The van der Waals surface area contributed by atoms with Gasteiger partial charge in [0.1, 0.15) is 5.82 Å². The highest BCUT2D eigenvalue weighted by molar-refractivity contribution is 7.89. The Morgan fingerprint density at radius 1 is 1.38 bits per heavy atom. The molecule has 6 nitrogen and oxygen atoms in total. The summed E-state index contributed by atoms with van der Waals surface area (Å²) in [5.74, 6) is -1.00. The van der Waals surface area contributed by atoms with Gasteiger partial charge in [-0.15, -0.1) is 11.3 Å². The molecule has 1 aromatic heterocycles. The molecular weight excluding hydrogens is 377 g/mol. The van der Waals surface area contributed by atoms with Crippen LogP contribution in [0.4, 0.5) is 4.39 Å². The van der Waals surface area contributed by atoms with Crippen LogP contribution in [-0.2, 0) is 21.2 Å². The number of carbonyl (C=O) groups excluding carboxylic acids is 1. The Kier molecular flexibility index (Phi) is 5.69. The van der Waals surface area contributed by atoms with Crippen LogP contribution in [-0.4, -0.2) is 43.2 Å². The van der Waals surface area contributed by atoms with Crippen molar-refractivity contribution in [3.63, 3.8) is 0 Å². The second-order valence-electron chi connectivity index (χ2n) is 6.21. The topological polar surface area (TPSA) is 79.4 Å². The van der Waals surface area contributed by atoms with Crippen molar-refractivity contribution in [3.8, 4) is 0 Å². The average Bonchev–Trinajstić information content (AvgIpc) is 3.25. The largest absolute Gasteiger partial charge is 0.355 e. The number of hydrogen-bond donors (Lipinski definition) is 1. The average molecular weight is 397 g/mol. The number of halogens is 1. The zero-order valence-electron chi connectivity index (χ0n) is 14.3. The third-order valence-electron chi connectivity index (χ3n) is 4.28. The number of nitrogens with zero attached hydrogens (tertiary/aromatic N) is 2. The molecule has 0 radical (unpaired) electrons. The molecule has 140 valence electrons. The zero-order valence-corrected chi connectivity index (χ0v) is 15.9. The van der Waals surface area contributed by atoms with Gasteiger partial charge in [-0.05, 0) is 37.6 Å². The molecule has 1 N–H and O–H groups in total. The van der Waals surface area contributed by atoms with Crippen molar-refractivity contribution in [1.29, 1.82) is 0 Å². The van der Waals surface area contributed by atoms with Gasteiger partial charge in [0.15, 0.2) is 0 Å². The molecule has 0 bridgehead atoms. The summed E-state index contributed by atoms with van der Waals surface area (Å²) in [5, 5.41) is 3.83. The minimum absolute atomic E-state index is 0.0408. The Morgan fingerprint density at radius 3 is 2.77 bits per heavy atom. The van der Waals surface area contributed by atoms with E-state index in [1.807, 2.05) is 6.92 Å². The molecular formula is C17H20FN3O3S2. The Morgan fingerprint density at radius 2 is 2.12 bits per heavy atom. The van der Waals surface area contributed by atoms with Gasteiger partial charge in [-0.2, -0.15) is 4.31 Å². The van der Waals surface area contributed by atoms with Crippen molar-refractivity contribution in [2.24, 2.45) is 5.92 Å². The normalized spacial score (nSPS) is 18.2. The van der Waals surface area contributed by atoms with E-state index in [2.05, 4.69) is 10.3 Å². The van der Waals surface area contributed by atoms with E-state index in [1.165, 1.54) is 16.4 Å². The molecule has 1 aromatic carbocycles. The molecule has 0 unspecified atom stereocenters. The van der Waals surface area contributed by atoms with E-state index in [0.717, 1.165) is 22.0 Å². The Balaban J connectivity index is 1.54. The molecule has 0 aliphatic carbocycles. The second-order valence-corrected chi connectivity index (χ2v) is 9.47.